The molecule has 28 heavy (non-hydrogen) atoms. The van der Waals surface area contributed by atoms with Crippen LogP contribution in [0.5, 0.6) is 11.5 Å². The third-order valence-electron chi connectivity index (χ3n) is 3.65. The second-order valence-electron chi connectivity index (χ2n) is 5.67. The Kier molecular flexibility index (Phi) is 5.52. The third kappa shape index (κ3) is 4.59. The average molecular weight is 423 g/mol. The van der Waals surface area contributed by atoms with Gasteiger partial charge in [0.25, 0.3) is 15.7 Å². The van der Waals surface area contributed by atoms with Crippen LogP contribution in [-0.2, 0) is 16.6 Å². The Morgan fingerprint density at radius 2 is 1.93 bits per heavy atom. The van der Waals surface area contributed by atoms with E-state index in [-0.39, 0.29) is 22.0 Å². The predicted octanol–water partition coefficient (Wildman–Crippen LogP) is 4.06. The Hall–Kier alpha value is -3.11. The summed E-state index contributed by atoms with van der Waals surface area (Å²) in [4.78, 5) is 10.5. The van der Waals surface area contributed by atoms with E-state index in [2.05, 4.69) is 9.82 Å². The first kappa shape index (κ1) is 19.6. The fraction of sp³-hybridized carbons (Fsp3) is 0.118. The lowest BCUT2D eigenvalue weighted by Crippen LogP contribution is -2.12. The number of nitrogens with one attached hydrogen (secondary N) is 1. The molecule has 1 heterocycles. The van der Waals surface area contributed by atoms with Gasteiger partial charge in [0, 0.05) is 29.9 Å². The number of nitrogens with zero attached hydrogens (tertiary/aromatic N) is 3. The van der Waals surface area contributed by atoms with Crippen molar-refractivity contribution in [3.05, 3.63) is 70.0 Å². The zero-order chi connectivity index (χ0) is 20.3. The van der Waals surface area contributed by atoms with Gasteiger partial charge in [-0.3, -0.25) is 19.5 Å². The van der Waals surface area contributed by atoms with E-state index >= 15 is 0 Å². The first-order valence-corrected chi connectivity index (χ1v) is 9.91. The van der Waals surface area contributed by atoms with Crippen LogP contribution in [0.15, 0.2) is 59.8 Å². The van der Waals surface area contributed by atoms with Gasteiger partial charge in [-0.25, -0.2) is 8.42 Å². The topological polar surface area (TPSA) is 116 Å². The van der Waals surface area contributed by atoms with Gasteiger partial charge in [-0.15, -0.1) is 0 Å². The molecule has 1 aromatic heterocycles. The molecule has 3 rings (SSSR count). The highest BCUT2D eigenvalue weighted by Gasteiger charge is 2.19. The number of anilines is 1. The first-order valence-electron chi connectivity index (χ1n) is 8.05. The van der Waals surface area contributed by atoms with Crippen LogP contribution < -0.4 is 9.46 Å². The number of hydrogen-bond acceptors (Lipinski definition) is 6. The maximum atomic E-state index is 12.5. The summed E-state index contributed by atoms with van der Waals surface area (Å²) in [5.41, 5.74) is -0.337. The number of rotatable bonds is 7. The van der Waals surface area contributed by atoms with Gasteiger partial charge in [0.15, 0.2) is 0 Å². The van der Waals surface area contributed by atoms with Crippen LogP contribution in [0.4, 0.5) is 11.4 Å². The number of sulfonamides is 1. The summed E-state index contributed by atoms with van der Waals surface area (Å²) in [7, 11) is -3.97. The quantitative estimate of drug-likeness (QED) is 0.453. The van der Waals surface area contributed by atoms with Crippen molar-refractivity contribution in [1.29, 1.82) is 0 Å². The van der Waals surface area contributed by atoms with Gasteiger partial charge < -0.3 is 4.74 Å². The molecule has 146 valence electrons. The minimum Gasteiger partial charge on any atom is -0.457 e. The largest absolute Gasteiger partial charge is 0.457 e. The summed E-state index contributed by atoms with van der Waals surface area (Å²) in [5, 5.41) is 15.7. The molecule has 0 saturated carbocycles. The fourth-order valence-corrected chi connectivity index (χ4v) is 3.43. The Morgan fingerprint density at radius 1 is 1.21 bits per heavy atom. The van der Waals surface area contributed by atoms with Crippen molar-refractivity contribution in [2.45, 2.75) is 18.4 Å². The molecule has 0 fully saturated rings. The molecule has 2 aromatic carbocycles. The molecule has 3 aromatic rings. The zero-order valence-corrected chi connectivity index (χ0v) is 16.1. The summed E-state index contributed by atoms with van der Waals surface area (Å²) in [6.07, 6.45) is 2.57. The van der Waals surface area contributed by atoms with Crippen molar-refractivity contribution in [2.24, 2.45) is 0 Å². The van der Waals surface area contributed by atoms with Crippen LogP contribution in [0.1, 0.15) is 6.92 Å². The first-order chi connectivity index (χ1) is 13.3. The number of non-ortho nitro benzene ring substituents is 1. The molecule has 11 heteroatoms. The Balaban J connectivity index is 1.92. The highest BCUT2D eigenvalue weighted by atomic mass is 35.5. The number of benzene rings is 2. The van der Waals surface area contributed by atoms with Crippen LogP contribution >= 0.6 is 11.6 Å². The standard InChI is InChI=1S/C17H15ClN4O5S/c1-2-21-11-17(10-19-21)28(25,26)20-13-7-14(22(23)24)9-16(8-13)27-15-5-3-12(18)4-6-15/h3-11,20H,2H2,1H3. The number of nitro benzene ring substituents is 1. The Bertz CT molecular complexity index is 1110. The van der Waals surface area contributed by atoms with Crippen molar-refractivity contribution in [1.82, 2.24) is 9.78 Å². The second-order valence-corrected chi connectivity index (χ2v) is 7.78. The molecule has 9 nitrogen and oxygen atoms in total. The van der Waals surface area contributed by atoms with E-state index in [1.54, 1.807) is 24.3 Å². The van der Waals surface area contributed by atoms with Crippen LogP contribution in [-0.4, -0.2) is 23.1 Å². The van der Waals surface area contributed by atoms with Gasteiger partial charge in [-0.2, -0.15) is 5.10 Å². The minimum absolute atomic E-state index is 0.0117. The molecule has 1 N–H and O–H groups in total. The van der Waals surface area contributed by atoms with E-state index in [1.165, 1.54) is 29.2 Å². The van der Waals surface area contributed by atoms with E-state index < -0.39 is 14.9 Å². The third-order valence-corrected chi connectivity index (χ3v) is 5.24. The van der Waals surface area contributed by atoms with Crippen molar-refractivity contribution in [3.63, 3.8) is 0 Å². The molecule has 0 amide bonds. The number of aromatic nitrogens is 2. The van der Waals surface area contributed by atoms with Gasteiger partial charge in [-0.05, 0) is 31.2 Å². The molecule has 0 aliphatic heterocycles. The van der Waals surface area contributed by atoms with Gasteiger partial charge in [0.1, 0.15) is 16.4 Å². The molecule has 0 spiro atoms. The van der Waals surface area contributed by atoms with Crippen LogP contribution in [0.25, 0.3) is 0 Å². The lowest BCUT2D eigenvalue weighted by Gasteiger charge is -2.10. The van der Waals surface area contributed by atoms with E-state index in [0.29, 0.717) is 17.3 Å². The van der Waals surface area contributed by atoms with Gasteiger partial charge in [0.05, 0.1) is 22.9 Å². The summed E-state index contributed by atoms with van der Waals surface area (Å²) >= 11 is 5.82. The average Bonchev–Trinajstić information content (AvgIpc) is 3.13. The molecular weight excluding hydrogens is 408 g/mol. The van der Waals surface area contributed by atoms with E-state index in [0.717, 1.165) is 6.07 Å². The lowest BCUT2D eigenvalue weighted by molar-refractivity contribution is -0.384. The SMILES string of the molecule is CCn1cc(S(=O)(=O)Nc2cc(Oc3ccc(Cl)cc3)cc([N+](=O)[O-])c2)cn1. The van der Waals surface area contributed by atoms with Crippen molar-refractivity contribution in [3.8, 4) is 11.5 Å². The van der Waals surface area contributed by atoms with E-state index in [4.69, 9.17) is 16.3 Å². The molecule has 0 aliphatic rings. The molecular formula is C17H15ClN4O5S. The fourth-order valence-electron chi connectivity index (χ4n) is 2.32. The molecule has 0 aliphatic carbocycles. The zero-order valence-electron chi connectivity index (χ0n) is 14.6. The van der Waals surface area contributed by atoms with Gasteiger partial charge in [-0.1, -0.05) is 11.6 Å². The summed E-state index contributed by atoms with van der Waals surface area (Å²) < 4.78 is 34.4. The van der Waals surface area contributed by atoms with Crippen molar-refractivity contribution < 1.29 is 18.1 Å². The normalized spacial score (nSPS) is 11.2. The van der Waals surface area contributed by atoms with E-state index in [9.17, 15) is 18.5 Å². The predicted molar refractivity (Wildman–Crippen MR) is 103 cm³/mol. The molecule has 0 radical (unpaired) electrons. The molecule has 0 atom stereocenters. The van der Waals surface area contributed by atoms with E-state index in [1.807, 2.05) is 6.92 Å². The van der Waals surface area contributed by atoms with Gasteiger partial charge >= 0.3 is 0 Å². The minimum atomic E-state index is -3.97. The molecule has 0 unspecified atom stereocenters. The second kappa shape index (κ2) is 7.87. The maximum Gasteiger partial charge on any atom is 0.275 e. The molecule has 0 bridgehead atoms. The summed E-state index contributed by atoms with van der Waals surface area (Å²) in [6, 6.07) is 10.0. The molecule has 0 saturated heterocycles. The van der Waals surface area contributed by atoms with Crippen molar-refractivity contribution in [2.75, 3.05) is 4.72 Å². The number of halogens is 1. The van der Waals surface area contributed by atoms with Crippen LogP contribution in [0, 0.1) is 10.1 Å². The number of aryl methyl sites for hydroxylation is 1. The lowest BCUT2D eigenvalue weighted by atomic mass is 10.2. The van der Waals surface area contributed by atoms with Crippen LogP contribution in [0.2, 0.25) is 5.02 Å². The number of ether oxygens (including phenoxy) is 1. The van der Waals surface area contributed by atoms with Crippen molar-refractivity contribution >= 4 is 33.0 Å². The number of nitro groups is 1. The Labute approximate surface area is 165 Å². The summed E-state index contributed by atoms with van der Waals surface area (Å²) in [6.45, 7) is 2.32. The van der Waals surface area contributed by atoms with Crippen LogP contribution in [0.3, 0.4) is 0 Å². The Morgan fingerprint density at radius 3 is 2.54 bits per heavy atom. The summed E-state index contributed by atoms with van der Waals surface area (Å²) in [5.74, 6) is 0.487. The highest BCUT2D eigenvalue weighted by molar-refractivity contribution is 7.92. The highest BCUT2D eigenvalue weighted by Crippen LogP contribution is 2.31. The van der Waals surface area contributed by atoms with Gasteiger partial charge in [0.2, 0.25) is 0 Å². The monoisotopic (exact) mass is 422 g/mol. The smallest absolute Gasteiger partial charge is 0.275 e. The number of hydrogen-bond donors (Lipinski definition) is 1. The maximum absolute atomic E-state index is 12.5.